The zero-order valence-electron chi connectivity index (χ0n) is 17.2. The summed E-state index contributed by atoms with van der Waals surface area (Å²) in [7, 11) is 1.55. The molecule has 0 bridgehead atoms. The summed E-state index contributed by atoms with van der Waals surface area (Å²) in [5.41, 5.74) is 4.58. The fraction of sp³-hybridized carbons (Fsp3) is 0.500. The van der Waals surface area contributed by atoms with Crippen LogP contribution in [0.5, 0.6) is 0 Å². The number of carbonyl (C=O) groups is 1. The van der Waals surface area contributed by atoms with Crippen LogP contribution in [0.15, 0.2) is 24.3 Å². The summed E-state index contributed by atoms with van der Waals surface area (Å²) in [6, 6.07) is 8.48. The molecule has 3 heterocycles. The van der Waals surface area contributed by atoms with Crippen LogP contribution in [0.25, 0.3) is 0 Å². The van der Waals surface area contributed by atoms with Gasteiger partial charge in [-0.3, -0.25) is 4.79 Å². The van der Waals surface area contributed by atoms with E-state index in [1.54, 1.807) is 7.11 Å². The summed E-state index contributed by atoms with van der Waals surface area (Å²) >= 11 is 0. The number of aromatic nitrogens is 2. The van der Waals surface area contributed by atoms with Crippen LogP contribution in [0.1, 0.15) is 28.2 Å². The lowest BCUT2D eigenvalue weighted by Gasteiger charge is -2.34. The van der Waals surface area contributed by atoms with E-state index in [9.17, 15) is 4.79 Å². The third kappa shape index (κ3) is 4.57. The Hall–Kier alpha value is -2.51. The van der Waals surface area contributed by atoms with Gasteiger partial charge in [0.2, 0.25) is 5.91 Å². The minimum absolute atomic E-state index is 0.00918. The Bertz CT molecular complexity index is 880. The first-order valence-electron chi connectivity index (χ1n) is 10.2. The minimum atomic E-state index is 0.00918. The van der Waals surface area contributed by atoms with Crippen molar-refractivity contribution in [2.24, 2.45) is 0 Å². The van der Waals surface area contributed by atoms with Crippen LogP contribution in [0.2, 0.25) is 0 Å². The molecule has 154 valence electrons. The zero-order valence-corrected chi connectivity index (χ0v) is 17.2. The molecule has 1 aromatic carbocycles. The number of ether oxygens (including phenoxy) is 2. The number of fused-ring (bicyclic) bond motifs is 1. The molecule has 2 aromatic rings. The Labute approximate surface area is 171 Å². The van der Waals surface area contributed by atoms with E-state index in [0.29, 0.717) is 32.7 Å². The predicted molar refractivity (Wildman–Crippen MR) is 110 cm³/mol. The van der Waals surface area contributed by atoms with Gasteiger partial charge in [-0.25, -0.2) is 9.97 Å². The van der Waals surface area contributed by atoms with E-state index >= 15 is 0 Å². The van der Waals surface area contributed by atoms with Crippen LogP contribution >= 0.6 is 0 Å². The van der Waals surface area contributed by atoms with Gasteiger partial charge < -0.3 is 19.3 Å². The average molecular weight is 396 g/mol. The molecule has 0 radical (unpaired) electrons. The SMILES string of the molecule is COCC(=O)N1CCc2nc(Cc3cccc(C)c3)nc(N3CCOCC3)c2C1. The lowest BCUT2D eigenvalue weighted by atomic mass is 10.0. The quantitative estimate of drug-likeness (QED) is 0.767. The molecule has 2 aliphatic heterocycles. The van der Waals surface area contributed by atoms with Crippen LogP contribution in [0.3, 0.4) is 0 Å². The van der Waals surface area contributed by atoms with E-state index in [1.807, 2.05) is 4.90 Å². The summed E-state index contributed by atoms with van der Waals surface area (Å²) in [4.78, 5) is 26.3. The molecule has 1 fully saturated rings. The Morgan fingerprint density at radius 1 is 1.21 bits per heavy atom. The lowest BCUT2D eigenvalue weighted by Crippen LogP contribution is -2.42. The first-order valence-corrected chi connectivity index (χ1v) is 10.2. The van der Waals surface area contributed by atoms with Crippen molar-refractivity contribution in [3.63, 3.8) is 0 Å². The van der Waals surface area contributed by atoms with Gasteiger partial charge in [0.15, 0.2) is 0 Å². The Morgan fingerprint density at radius 2 is 2.03 bits per heavy atom. The normalized spacial score (nSPS) is 16.6. The van der Waals surface area contributed by atoms with Crippen molar-refractivity contribution in [2.45, 2.75) is 26.3 Å². The highest BCUT2D eigenvalue weighted by Gasteiger charge is 2.28. The van der Waals surface area contributed by atoms with Gasteiger partial charge in [-0.1, -0.05) is 29.8 Å². The zero-order chi connectivity index (χ0) is 20.2. The van der Waals surface area contributed by atoms with E-state index in [2.05, 4.69) is 36.1 Å². The average Bonchev–Trinajstić information content (AvgIpc) is 2.74. The van der Waals surface area contributed by atoms with Crippen molar-refractivity contribution < 1.29 is 14.3 Å². The lowest BCUT2D eigenvalue weighted by molar-refractivity contribution is -0.136. The Morgan fingerprint density at radius 3 is 2.79 bits per heavy atom. The van der Waals surface area contributed by atoms with Crippen molar-refractivity contribution in [3.8, 4) is 0 Å². The molecule has 7 nitrogen and oxygen atoms in total. The molecule has 0 unspecified atom stereocenters. The van der Waals surface area contributed by atoms with Gasteiger partial charge in [-0.05, 0) is 12.5 Å². The van der Waals surface area contributed by atoms with E-state index in [1.165, 1.54) is 11.1 Å². The molecule has 0 saturated carbocycles. The second kappa shape index (κ2) is 8.88. The highest BCUT2D eigenvalue weighted by Crippen LogP contribution is 2.28. The molecular formula is C22H28N4O3. The maximum atomic E-state index is 12.4. The molecule has 0 N–H and O–H groups in total. The fourth-order valence-electron chi connectivity index (χ4n) is 3.99. The molecule has 2 aliphatic rings. The number of rotatable bonds is 5. The number of hydrogen-bond acceptors (Lipinski definition) is 6. The number of methoxy groups -OCH3 is 1. The van der Waals surface area contributed by atoms with E-state index in [0.717, 1.165) is 42.4 Å². The number of amides is 1. The summed E-state index contributed by atoms with van der Waals surface area (Å²) in [6.07, 6.45) is 1.45. The van der Waals surface area contributed by atoms with Crippen molar-refractivity contribution in [2.75, 3.05) is 51.5 Å². The topological polar surface area (TPSA) is 67.8 Å². The van der Waals surface area contributed by atoms with Gasteiger partial charge >= 0.3 is 0 Å². The number of benzene rings is 1. The number of anilines is 1. The standard InChI is InChI=1S/C22H28N4O3/c1-16-4-3-5-17(12-16)13-20-23-19-6-7-26(21(27)15-28-2)14-18(19)22(24-20)25-8-10-29-11-9-25/h3-5,12H,6-11,13-15H2,1-2H3. The van der Waals surface area contributed by atoms with Gasteiger partial charge in [0.25, 0.3) is 0 Å². The van der Waals surface area contributed by atoms with Gasteiger partial charge in [-0.2, -0.15) is 0 Å². The maximum absolute atomic E-state index is 12.4. The molecule has 0 atom stereocenters. The number of nitrogens with zero attached hydrogens (tertiary/aromatic N) is 4. The Kier molecular flexibility index (Phi) is 6.06. The molecule has 1 aromatic heterocycles. The maximum Gasteiger partial charge on any atom is 0.248 e. The smallest absolute Gasteiger partial charge is 0.248 e. The van der Waals surface area contributed by atoms with Crippen LogP contribution in [0, 0.1) is 6.92 Å². The molecule has 4 rings (SSSR count). The largest absolute Gasteiger partial charge is 0.378 e. The summed E-state index contributed by atoms with van der Waals surface area (Å²) in [5.74, 6) is 1.80. The van der Waals surface area contributed by atoms with Crippen LogP contribution < -0.4 is 4.90 Å². The first kappa shape index (κ1) is 19.8. The monoisotopic (exact) mass is 396 g/mol. The first-order chi connectivity index (χ1) is 14.1. The molecule has 1 amide bonds. The van der Waals surface area contributed by atoms with Gasteiger partial charge in [0, 0.05) is 45.1 Å². The summed E-state index contributed by atoms with van der Waals surface area (Å²) in [5, 5.41) is 0. The molecule has 0 spiro atoms. The third-order valence-electron chi connectivity index (χ3n) is 5.46. The van der Waals surface area contributed by atoms with Crippen molar-refractivity contribution in [3.05, 3.63) is 52.5 Å². The van der Waals surface area contributed by atoms with Gasteiger partial charge in [-0.15, -0.1) is 0 Å². The summed E-state index contributed by atoms with van der Waals surface area (Å²) < 4.78 is 10.6. The highest BCUT2D eigenvalue weighted by atomic mass is 16.5. The fourth-order valence-corrected chi connectivity index (χ4v) is 3.99. The van der Waals surface area contributed by atoms with E-state index < -0.39 is 0 Å². The van der Waals surface area contributed by atoms with E-state index in [-0.39, 0.29) is 12.5 Å². The number of morpholine rings is 1. The van der Waals surface area contributed by atoms with Crippen LogP contribution in [-0.2, 0) is 33.7 Å². The van der Waals surface area contributed by atoms with Crippen molar-refractivity contribution >= 4 is 11.7 Å². The van der Waals surface area contributed by atoms with Crippen molar-refractivity contribution in [1.82, 2.24) is 14.9 Å². The third-order valence-corrected chi connectivity index (χ3v) is 5.46. The van der Waals surface area contributed by atoms with Crippen LogP contribution in [-0.4, -0.2) is 67.3 Å². The molecular weight excluding hydrogens is 368 g/mol. The molecule has 29 heavy (non-hydrogen) atoms. The second-order valence-corrected chi connectivity index (χ2v) is 7.65. The number of carbonyl (C=O) groups excluding carboxylic acids is 1. The van der Waals surface area contributed by atoms with Gasteiger partial charge in [0.05, 0.1) is 25.5 Å². The highest BCUT2D eigenvalue weighted by molar-refractivity contribution is 5.78. The minimum Gasteiger partial charge on any atom is -0.378 e. The molecule has 1 saturated heterocycles. The second-order valence-electron chi connectivity index (χ2n) is 7.65. The Balaban J connectivity index is 1.66. The molecule has 7 heteroatoms. The van der Waals surface area contributed by atoms with Crippen LogP contribution in [0.4, 0.5) is 5.82 Å². The molecule has 0 aliphatic carbocycles. The summed E-state index contributed by atoms with van der Waals surface area (Å²) in [6.45, 7) is 6.40. The number of aryl methyl sites for hydroxylation is 1. The van der Waals surface area contributed by atoms with Gasteiger partial charge in [0.1, 0.15) is 18.2 Å². The van der Waals surface area contributed by atoms with E-state index in [4.69, 9.17) is 19.4 Å². The predicted octanol–water partition coefficient (Wildman–Crippen LogP) is 1.74. The van der Waals surface area contributed by atoms with Crippen molar-refractivity contribution in [1.29, 1.82) is 0 Å². The number of hydrogen-bond donors (Lipinski definition) is 0.